The van der Waals surface area contributed by atoms with Crippen LogP contribution in [0, 0.1) is 0 Å². The molecule has 1 saturated heterocycles. The van der Waals surface area contributed by atoms with Crippen molar-refractivity contribution in [2.24, 2.45) is 0 Å². The lowest BCUT2D eigenvalue weighted by Crippen LogP contribution is -2.28. The zero-order chi connectivity index (χ0) is 18.0. The summed E-state index contributed by atoms with van der Waals surface area (Å²) in [5, 5.41) is 3.30. The summed E-state index contributed by atoms with van der Waals surface area (Å²) in [4.78, 5) is 11.3. The highest BCUT2D eigenvalue weighted by Crippen LogP contribution is 2.31. The fraction of sp³-hybridized carbons (Fsp3) is 0.278. The molecule has 2 aromatic rings. The van der Waals surface area contributed by atoms with Crippen LogP contribution < -0.4 is 5.32 Å². The SMILES string of the molecule is CC(=O)Nc1ccc(S(=O)(=O)N2CC[C@H](c3ccc(Cl)cc3)C2)cc1. The average Bonchev–Trinajstić information content (AvgIpc) is 3.06. The third-order valence-corrected chi connectivity index (χ3v) is 6.44. The zero-order valence-corrected chi connectivity index (χ0v) is 15.3. The number of nitrogens with one attached hydrogen (secondary N) is 1. The molecule has 0 spiro atoms. The van der Waals surface area contributed by atoms with E-state index in [1.54, 1.807) is 12.1 Å². The fourth-order valence-electron chi connectivity index (χ4n) is 3.02. The van der Waals surface area contributed by atoms with Gasteiger partial charge in [-0.05, 0) is 54.3 Å². The lowest BCUT2D eigenvalue weighted by molar-refractivity contribution is -0.114. The molecule has 0 radical (unpaired) electrons. The van der Waals surface area contributed by atoms with E-state index in [0.717, 1.165) is 12.0 Å². The number of hydrogen-bond donors (Lipinski definition) is 1. The molecule has 0 saturated carbocycles. The number of benzene rings is 2. The largest absolute Gasteiger partial charge is 0.326 e. The van der Waals surface area contributed by atoms with Gasteiger partial charge in [-0.1, -0.05) is 23.7 Å². The third kappa shape index (κ3) is 4.03. The molecule has 1 fully saturated rings. The van der Waals surface area contributed by atoms with Crippen LogP contribution in [0.15, 0.2) is 53.4 Å². The second kappa shape index (κ2) is 7.15. The molecule has 0 aromatic heterocycles. The Labute approximate surface area is 152 Å². The van der Waals surface area contributed by atoms with Gasteiger partial charge in [-0.15, -0.1) is 0 Å². The van der Waals surface area contributed by atoms with Gasteiger partial charge in [-0.3, -0.25) is 4.79 Å². The molecule has 1 N–H and O–H groups in total. The standard InChI is InChI=1S/C18H19ClN2O3S/c1-13(22)20-17-6-8-18(9-7-17)25(23,24)21-11-10-15(12-21)14-2-4-16(19)5-3-14/h2-9,15H,10-12H2,1H3,(H,20,22)/t15-/m0/s1. The predicted molar refractivity (Wildman–Crippen MR) is 98.3 cm³/mol. The van der Waals surface area contributed by atoms with Crippen molar-refractivity contribution in [1.82, 2.24) is 4.31 Å². The van der Waals surface area contributed by atoms with Crippen molar-refractivity contribution in [1.29, 1.82) is 0 Å². The minimum absolute atomic E-state index is 0.172. The first-order valence-corrected chi connectivity index (χ1v) is 9.81. The van der Waals surface area contributed by atoms with Gasteiger partial charge in [0.2, 0.25) is 15.9 Å². The average molecular weight is 379 g/mol. The molecule has 132 valence electrons. The van der Waals surface area contributed by atoms with Crippen LogP contribution in [0.4, 0.5) is 5.69 Å². The monoisotopic (exact) mass is 378 g/mol. The Kier molecular flexibility index (Phi) is 5.13. The van der Waals surface area contributed by atoms with Crippen LogP contribution in [-0.4, -0.2) is 31.7 Å². The Hall–Kier alpha value is -1.89. The van der Waals surface area contributed by atoms with Crippen LogP contribution in [0.3, 0.4) is 0 Å². The molecular formula is C18H19ClN2O3S. The number of amides is 1. The van der Waals surface area contributed by atoms with E-state index in [4.69, 9.17) is 11.6 Å². The molecule has 1 aliphatic rings. The van der Waals surface area contributed by atoms with Crippen LogP contribution >= 0.6 is 11.6 Å². The maximum atomic E-state index is 12.8. The molecular weight excluding hydrogens is 360 g/mol. The topological polar surface area (TPSA) is 66.5 Å². The normalized spacial score (nSPS) is 18.2. The Morgan fingerprint density at radius 2 is 1.76 bits per heavy atom. The maximum Gasteiger partial charge on any atom is 0.243 e. The van der Waals surface area contributed by atoms with E-state index in [9.17, 15) is 13.2 Å². The van der Waals surface area contributed by atoms with Gasteiger partial charge >= 0.3 is 0 Å². The first kappa shape index (κ1) is 17.9. The first-order chi connectivity index (χ1) is 11.9. The Bertz CT molecular complexity index is 864. The molecule has 0 bridgehead atoms. The van der Waals surface area contributed by atoms with Crippen molar-refractivity contribution in [2.75, 3.05) is 18.4 Å². The summed E-state index contributed by atoms with van der Waals surface area (Å²) in [6.07, 6.45) is 0.783. The van der Waals surface area contributed by atoms with Crippen LogP contribution in [0.5, 0.6) is 0 Å². The van der Waals surface area contributed by atoms with Gasteiger partial charge in [0.05, 0.1) is 4.90 Å². The predicted octanol–water partition coefficient (Wildman–Crippen LogP) is 3.48. The van der Waals surface area contributed by atoms with E-state index >= 15 is 0 Å². The zero-order valence-electron chi connectivity index (χ0n) is 13.8. The second-order valence-corrected chi connectivity index (χ2v) is 8.48. The smallest absolute Gasteiger partial charge is 0.243 e. The fourth-order valence-corrected chi connectivity index (χ4v) is 4.64. The molecule has 25 heavy (non-hydrogen) atoms. The molecule has 5 nitrogen and oxygen atoms in total. The van der Waals surface area contributed by atoms with Gasteiger partial charge in [-0.2, -0.15) is 4.31 Å². The Morgan fingerprint density at radius 3 is 2.36 bits per heavy atom. The van der Waals surface area contributed by atoms with Gasteiger partial charge in [0.1, 0.15) is 0 Å². The van der Waals surface area contributed by atoms with Crippen LogP contribution in [0.1, 0.15) is 24.8 Å². The van der Waals surface area contributed by atoms with E-state index in [2.05, 4.69) is 5.32 Å². The van der Waals surface area contributed by atoms with Crippen molar-refractivity contribution in [3.05, 3.63) is 59.1 Å². The summed E-state index contributed by atoms with van der Waals surface area (Å²) in [5.41, 5.74) is 1.68. The summed E-state index contributed by atoms with van der Waals surface area (Å²) in [6.45, 7) is 2.35. The molecule has 7 heteroatoms. The van der Waals surface area contributed by atoms with Gasteiger partial charge in [0.25, 0.3) is 0 Å². The second-order valence-electron chi connectivity index (χ2n) is 6.11. The molecule has 3 rings (SSSR count). The number of sulfonamides is 1. The number of carbonyl (C=O) groups excluding carboxylic acids is 1. The van der Waals surface area contributed by atoms with E-state index in [1.165, 1.54) is 23.4 Å². The van der Waals surface area contributed by atoms with Crippen molar-refractivity contribution in [3.8, 4) is 0 Å². The number of carbonyl (C=O) groups is 1. The van der Waals surface area contributed by atoms with Crippen LogP contribution in [0.25, 0.3) is 0 Å². The summed E-state index contributed by atoms with van der Waals surface area (Å²) in [5.74, 6) is -0.0216. The molecule has 1 aliphatic heterocycles. The van der Waals surface area contributed by atoms with Gasteiger partial charge in [-0.25, -0.2) is 8.42 Å². The van der Waals surface area contributed by atoms with Gasteiger partial charge in [0, 0.05) is 30.7 Å². The molecule has 1 atom stereocenters. The number of halogens is 1. The summed E-state index contributed by atoms with van der Waals surface area (Å²) < 4.78 is 27.1. The van der Waals surface area contributed by atoms with Gasteiger partial charge < -0.3 is 5.32 Å². The van der Waals surface area contributed by atoms with Crippen molar-refractivity contribution in [2.45, 2.75) is 24.2 Å². The van der Waals surface area contributed by atoms with Crippen LogP contribution in [-0.2, 0) is 14.8 Å². The van der Waals surface area contributed by atoms with E-state index in [1.807, 2.05) is 24.3 Å². The molecule has 1 heterocycles. The number of nitrogens with zero attached hydrogens (tertiary/aromatic N) is 1. The first-order valence-electron chi connectivity index (χ1n) is 7.99. The van der Waals surface area contributed by atoms with Crippen molar-refractivity contribution < 1.29 is 13.2 Å². The van der Waals surface area contributed by atoms with Crippen molar-refractivity contribution >= 4 is 33.2 Å². The van der Waals surface area contributed by atoms with E-state index in [-0.39, 0.29) is 16.7 Å². The van der Waals surface area contributed by atoms with Gasteiger partial charge in [0.15, 0.2) is 0 Å². The van der Waals surface area contributed by atoms with Crippen LogP contribution in [0.2, 0.25) is 5.02 Å². The highest BCUT2D eigenvalue weighted by atomic mass is 35.5. The lowest BCUT2D eigenvalue weighted by atomic mass is 9.99. The molecule has 2 aromatic carbocycles. The quantitative estimate of drug-likeness (QED) is 0.885. The maximum absolute atomic E-state index is 12.8. The summed E-state index contributed by atoms with van der Waals surface area (Å²) >= 11 is 5.91. The third-order valence-electron chi connectivity index (χ3n) is 4.30. The minimum atomic E-state index is -3.54. The lowest BCUT2D eigenvalue weighted by Gasteiger charge is -2.17. The number of hydrogen-bond acceptors (Lipinski definition) is 3. The number of anilines is 1. The van der Waals surface area contributed by atoms with E-state index < -0.39 is 10.0 Å². The van der Waals surface area contributed by atoms with Crippen molar-refractivity contribution in [3.63, 3.8) is 0 Å². The molecule has 0 unspecified atom stereocenters. The summed E-state index contributed by atoms with van der Waals surface area (Å²) in [6, 6.07) is 13.8. The highest BCUT2D eigenvalue weighted by Gasteiger charge is 2.33. The highest BCUT2D eigenvalue weighted by molar-refractivity contribution is 7.89. The Morgan fingerprint density at radius 1 is 1.12 bits per heavy atom. The van der Waals surface area contributed by atoms with E-state index in [0.29, 0.717) is 23.8 Å². The minimum Gasteiger partial charge on any atom is -0.326 e. The molecule has 1 amide bonds. The number of rotatable bonds is 4. The molecule has 0 aliphatic carbocycles. The Balaban J connectivity index is 1.74. The summed E-state index contributed by atoms with van der Waals surface area (Å²) in [7, 11) is -3.54.